The maximum absolute atomic E-state index is 11.9. The highest BCUT2D eigenvalue weighted by atomic mass is 79.9. The molecule has 3 aromatic heterocycles. The van der Waals surface area contributed by atoms with Crippen LogP contribution < -0.4 is 10.2 Å². The summed E-state index contributed by atoms with van der Waals surface area (Å²) in [5.41, 5.74) is 1.43. The van der Waals surface area contributed by atoms with Crippen molar-refractivity contribution in [3.8, 4) is 0 Å². The van der Waals surface area contributed by atoms with Gasteiger partial charge in [0.15, 0.2) is 0 Å². The van der Waals surface area contributed by atoms with Crippen LogP contribution >= 0.6 is 27.5 Å². The molecule has 4 rings (SSSR count). The quantitative estimate of drug-likeness (QED) is 0.289. The SMILES string of the molecule is CC(C)(C)OC(=O)NCCCN(CC1CCC(n2ccc3c(Cl)ncnc32)C1)c1cn[nH]c1Br. The molecule has 1 amide bonds. The predicted octanol–water partition coefficient (Wildman–Crippen LogP) is 5.33. The number of ether oxygens (including phenoxy) is 1. The number of nitrogens with one attached hydrogen (secondary N) is 2. The molecule has 1 fully saturated rings. The minimum absolute atomic E-state index is 0.384. The van der Waals surface area contributed by atoms with Gasteiger partial charge in [-0.3, -0.25) is 5.10 Å². The molecule has 1 aliphatic rings. The van der Waals surface area contributed by atoms with Crippen molar-refractivity contribution in [2.24, 2.45) is 5.92 Å². The number of amides is 1. The number of rotatable bonds is 8. The fraction of sp³-hybridized carbons (Fsp3) is 0.565. The lowest BCUT2D eigenvalue weighted by atomic mass is 10.1. The molecule has 2 N–H and O–H groups in total. The summed E-state index contributed by atoms with van der Waals surface area (Å²) in [5.74, 6) is 0.528. The van der Waals surface area contributed by atoms with Crippen molar-refractivity contribution < 1.29 is 9.53 Å². The molecule has 11 heteroatoms. The monoisotopic (exact) mass is 551 g/mol. The van der Waals surface area contributed by atoms with E-state index in [0.717, 1.165) is 60.1 Å². The number of anilines is 1. The molecular formula is C23H31BrClN7O2. The van der Waals surface area contributed by atoms with Crippen molar-refractivity contribution >= 4 is 50.3 Å². The van der Waals surface area contributed by atoms with Crippen molar-refractivity contribution in [3.63, 3.8) is 0 Å². The molecule has 2 unspecified atom stereocenters. The molecule has 3 aromatic rings. The van der Waals surface area contributed by atoms with E-state index in [1.807, 2.05) is 33.0 Å². The Labute approximate surface area is 212 Å². The standard InChI is InChI=1S/C23H31BrClN7O2/c1-23(2,3)34-22(33)26-8-4-9-31(18-12-29-30-19(18)24)13-15-5-6-16(11-15)32-10-7-17-20(25)27-14-28-21(17)32/h7,10,12,14-16H,4-6,8-9,11,13H2,1-3H3,(H,26,33)(H,29,30). The van der Waals surface area contributed by atoms with Gasteiger partial charge in [0.2, 0.25) is 0 Å². The Bertz CT molecular complexity index is 1130. The number of carbonyl (C=O) groups is 1. The van der Waals surface area contributed by atoms with Crippen molar-refractivity contribution in [2.75, 3.05) is 24.5 Å². The Morgan fingerprint density at radius 3 is 2.94 bits per heavy atom. The summed E-state index contributed by atoms with van der Waals surface area (Å²) < 4.78 is 8.43. The lowest BCUT2D eigenvalue weighted by molar-refractivity contribution is 0.0527. The Kier molecular flexibility index (Phi) is 7.67. The van der Waals surface area contributed by atoms with Crippen LogP contribution in [0.3, 0.4) is 0 Å². The number of alkyl carbamates (subject to hydrolysis) is 1. The summed E-state index contributed by atoms with van der Waals surface area (Å²) in [5, 5.41) is 11.4. The van der Waals surface area contributed by atoms with Crippen LogP contribution in [-0.2, 0) is 4.74 Å². The summed E-state index contributed by atoms with van der Waals surface area (Å²) in [6, 6.07) is 2.38. The highest BCUT2D eigenvalue weighted by molar-refractivity contribution is 9.10. The molecule has 1 aliphatic carbocycles. The average molecular weight is 553 g/mol. The second kappa shape index (κ2) is 10.5. The highest BCUT2D eigenvalue weighted by Crippen LogP contribution is 2.38. The van der Waals surface area contributed by atoms with E-state index in [9.17, 15) is 4.79 Å². The zero-order chi connectivity index (χ0) is 24.3. The zero-order valence-electron chi connectivity index (χ0n) is 19.7. The number of hydrogen-bond donors (Lipinski definition) is 2. The molecule has 0 aliphatic heterocycles. The van der Waals surface area contributed by atoms with E-state index in [-0.39, 0.29) is 6.09 Å². The average Bonchev–Trinajstić information content (AvgIpc) is 3.49. The van der Waals surface area contributed by atoms with Crippen LogP contribution in [0.15, 0.2) is 29.4 Å². The fourth-order valence-electron chi connectivity index (χ4n) is 4.58. The van der Waals surface area contributed by atoms with E-state index in [4.69, 9.17) is 16.3 Å². The maximum atomic E-state index is 11.9. The van der Waals surface area contributed by atoms with Crippen LogP contribution in [0.2, 0.25) is 5.15 Å². The molecule has 1 saturated carbocycles. The number of H-pyrrole nitrogens is 1. The van der Waals surface area contributed by atoms with Gasteiger partial charge in [-0.2, -0.15) is 5.10 Å². The van der Waals surface area contributed by atoms with Gasteiger partial charge in [0.25, 0.3) is 0 Å². The summed E-state index contributed by atoms with van der Waals surface area (Å²) in [7, 11) is 0. The summed E-state index contributed by atoms with van der Waals surface area (Å²) in [6.07, 6.45) is 9.14. The smallest absolute Gasteiger partial charge is 0.407 e. The van der Waals surface area contributed by atoms with Gasteiger partial charge in [0, 0.05) is 31.9 Å². The maximum Gasteiger partial charge on any atom is 0.407 e. The molecule has 2 atom stereocenters. The van der Waals surface area contributed by atoms with Crippen molar-refractivity contribution in [2.45, 2.75) is 58.1 Å². The topological polar surface area (TPSA) is 101 Å². The molecule has 0 spiro atoms. The van der Waals surface area contributed by atoms with Gasteiger partial charge in [-0.15, -0.1) is 0 Å². The van der Waals surface area contributed by atoms with Gasteiger partial charge < -0.3 is 19.5 Å². The molecule has 0 bridgehead atoms. The number of aromatic amines is 1. The van der Waals surface area contributed by atoms with E-state index in [2.05, 4.69) is 57.1 Å². The Hall–Kier alpha value is -2.33. The first kappa shape index (κ1) is 24.8. The van der Waals surface area contributed by atoms with E-state index in [0.29, 0.717) is 23.7 Å². The first-order chi connectivity index (χ1) is 16.2. The van der Waals surface area contributed by atoms with Crippen molar-refractivity contribution in [3.05, 3.63) is 34.5 Å². The van der Waals surface area contributed by atoms with Crippen molar-refractivity contribution in [1.29, 1.82) is 0 Å². The summed E-state index contributed by atoms with van der Waals surface area (Å²) in [6.45, 7) is 7.83. The van der Waals surface area contributed by atoms with Crippen molar-refractivity contribution in [1.82, 2.24) is 30.0 Å². The molecule has 34 heavy (non-hydrogen) atoms. The minimum Gasteiger partial charge on any atom is -0.444 e. The molecule has 0 saturated heterocycles. The number of fused-ring (bicyclic) bond motifs is 1. The lowest BCUT2D eigenvalue weighted by Crippen LogP contribution is -2.35. The molecule has 3 heterocycles. The summed E-state index contributed by atoms with van der Waals surface area (Å²) in [4.78, 5) is 22.8. The van der Waals surface area contributed by atoms with Crippen LogP contribution in [0.1, 0.15) is 52.5 Å². The van der Waals surface area contributed by atoms with Gasteiger partial charge >= 0.3 is 6.09 Å². The van der Waals surface area contributed by atoms with Crippen LogP contribution in [0, 0.1) is 5.92 Å². The second-order valence-electron chi connectivity index (χ2n) is 9.76. The number of aromatic nitrogens is 5. The first-order valence-electron chi connectivity index (χ1n) is 11.6. The normalized spacial score (nSPS) is 18.4. The van der Waals surface area contributed by atoms with E-state index >= 15 is 0 Å². The predicted molar refractivity (Wildman–Crippen MR) is 136 cm³/mol. The molecule has 184 valence electrons. The minimum atomic E-state index is -0.501. The van der Waals surface area contributed by atoms with E-state index in [1.165, 1.54) is 6.33 Å². The molecule has 0 aromatic carbocycles. The van der Waals surface area contributed by atoms with Gasteiger partial charge in [0.1, 0.15) is 27.3 Å². The third kappa shape index (κ3) is 6.02. The second-order valence-corrected chi connectivity index (χ2v) is 10.9. The molecule has 0 radical (unpaired) electrons. The van der Waals surface area contributed by atoms with E-state index in [1.54, 1.807) is 0 Å². The Morgan fingerprint density at radius 1 is 1.38 bits per heavy atom. The lowest BCUT2D eigenvalue weighted by Gasteiger charge is -2.27. The van der Waals surface area contributed by atoms with E-state index < -0.39 is 5.60 Å². The van der Waals surface area contributed by atoms with Crippen LogP contribution in [0.25, 0.3) is 11.0 Å². The van der Waals surface area contributed by atoms with Crippen LogP contribution in [0.5, 0.6) is 0 Å². The third-order valence-corrected chi connectivity index (χ3v) is 6.92. The zero-order valence-corrected chi connectivity index (χ0v) is 22.1. The van der Waals surface area contributed by atoms with Crippen LogP contribution in [0.4, 0.5) is 10.5 Å². The van der Waals surface area contributed by atoms with Gasteiger partial charge in [-0.1, -0.05) is 11.6 Å². The third-order valence-electron chi connectivity index (χ3n) is 6.03. The molecular weight excluding hydrogens is 522 g/mol. The first-order valence-corrected chi connectivity index (χ1v) is 12.8. The number of nitrogens with zero attached hydrogens (tertiary/aromatic N) is 5. The number of hydrogen-bond acceptors (Lipinski definition) is 6. The summed E-state index contributed by atoms with van der Waals surface area (Å²) >= 11 is 9.82. The molecule has 9 nitrogen and oxygen atoms in total. The fourth-order valence-corrected chi connectivity index (χ4v) is 5.23. The number of carbonyl (C=O) groups excluding carboxylic acids is 1. The van der Waals surface area contributed by atoms with Gasteiger partial charge in [-0.25, -0.2) is 14.8 Å². The van der Waals surface area contributed by atoms with Gasteiger partial charge in [-0.05, 0) is 74.4 Å². The Balaban J connectivity index is 1.36. The van der Waals surface area contributed by atoms with Crippen LogP contribution in [-0.4, -0.2) is 56.1 Å². The van der Waals surface area contributed by atoms with Gasteiger partial charge in [0.05, 0.1) is 17.3 Å². The number of halogens is 2. The highest BCUT2D eigenvalue weighted by Gasteiger charge is 2.29. The Morgan fingerprint density at radius 2 is 2.21 bits per heavy atom. The largest absolute Gasteiger partial charge is 0.444 e.